The van der Waals surface area contributed by atoms with E-state index in [1.54, 1.807) is 0 Å². The molecule has 0 saturated carbocycles. The van der Waals surface area contributed by atoms with Crippen LogP contribution in [0.4, 0.5) is 0 Å². The average Bonchev–Trinajstić information content (AvgIpc) is 2.28. The van der Waals surface area contributed by atoms with Crippen molar-refractivity contribution >= 4 is 18.3 Å². The molecule has 3 N–H and O–H groups in total. The Morgan fingerprint density at radius 3 is 2.47 bits per heavy atom. The summed E-state index contributed by atoms with van der Waals surface area (Å²) in [6, 6.07) is 0. The zero-order valence-corrected chi connectivity index (χ0v) is 13.2. The van der Waals surface area contributed by atoms with Crippen molar-refractivity contribution in [3.8, 4) is 0 Å². The van der Waals surface area contributed by atoms with Crippen molar-refractivity contribution in [2.24, 2.45) is 17.6 Å². The molecule has 1 aliphatic heterocycles. The molecule has 1 fully saturated rings. The van der Waals surface area contributed by atoms with Gasteiger partial charge < -0.3 is 15.8 Å². The van der Waals surface area contributed by atoms with Crippen LogP contribution < -0.4 is 11.1 Å². The van der Waals surface area contributed by atoms with Gasteiger partial charge in [-0.25, -0.2) is 0 Å². The molecule has 1 rings (SSSR count). The number of rotatable bonds is 6. The lowest BCUT2D eigenvalue weighted by atomic mass is 9.89. The number of carbonyl (C=O) groups is 1. The summed E-state index contributed by atoms with van der Waals surface area (Å²) in [6.45, 7) is 8.41. The summed E-state index contributed by atoms with van der Waals surface area (Å²) in [5.41, 5.74) is 5.53. The first kappa shape index (κ1) is 18.7. The highest BCUT2D eigenvalue weighted by molar-refractivity contribution is 5.85. The molecule has 0 aromatic heterocycles. The number of halogens is 1. The SMILES string of the molecule is CC(C)CC(C)(CN)NC(=O)CC1CCOCC1.Cl. The van der Waals surface area contributed by atoms with E-state index in [-0.39, 0.29) is 23.9 Å². The van der Waals surface area contributed by atoms with E-state index in [2.05, 4.69) is 19.2 Å². The Balaban J connectivity index is 0.00000324. The molecule has 0 aromatic rings. The molecule has 19 heavy (non-hydrogen) atoms. The first-order chi connectivity index (χ1) is 8.45. The monoisotopic (exact) mass is 292 g/mol. The van der Waals surface area contributed by atoms with Gasteiger partial charge in [0.2, 0.25) is 5.91 Å². The van der Waals surface area contributed by atoms with E-state index in [0.29, 0.717) is 24.8 Å². The second-order valence-corrected chi connectivity index (χ2v) is 6.17. The predicted molar refractivity (Wildman–Crippen MR) is 80.5 cm³/mol. The molecule has 0 radical (unpaired) electrons. The van der Waals surface area contributed by atoms with Crippen molar-refractivity contribution < 1.29 is 9.53 Å². The molecular weight excluding hydrogens is 264 g/mol. The number of hydrogen-bond donors (Lipinski definition) is 2. The van der Waals surface area contributed by atoms with Crippen LogP contribution in [0.1, 0.15) is 46.5 Å². The summed E-state index contributed by atoms with van der Waals surface area (Å²) in [7, 11) is 0. The molecule has 0 aromatic carbocycles. The van der Waals surface area contributed by atoms with E-state index in [1.165, 1.54) is 0 Å². The molecule has 0 bridgehead atoms. The van der Waals surface area contributed by atoms with E-state index in [4.69, 9.17) is 10.5 Å². The van der Waals surface area contributed by atoms with Crippen molar-refractivity contribution in [3.05, 3.63) is 0 Å². The van der Waals surface area contributed by atoms with Crippen LogP contribution in [-0.2, 0) is 9.53 Å². The maximum absolute atomic E-state index is 12.1. The fourth-order valence-corrected chi connectivity index (χ4v) is 2.69. The van der Waals surface area contributed by atoms with Crippen LogP contribution in [0.3, 0.4) is 0 Å². The second kappa shape index (κ2) is 8.77. The van der Waals surface area contributed by atoms with E-state index in [1.807, 2.05) is 6.92 Å². The number of amides is 1. The minimum absolute atomic E-state index is 0. The summed E-state index contributed by atoms with van der Waals surface area (Å²) in [6.07, 6.45) is 3.52. The highest BCUT2D eigenvalue weighted by atomic mass is 35.5. The quantitative estimate of drug-likeness (QED) is 0.788. The van der Waals surface area contributed by atoms with Gasteiger partial charge in [0.25, 0.3) is 0 Å². The molecule has 1 amide bonds. The Bertz CT molecular complexity index is 268. The lowest BCUT2D eigenvalue weighted by molar-refractivity contribution is -0.124. The van der Waals surface area contributed by atoms with Crippen LogP contribution in [0.2, 0.25) is 0 Å². The fraction of sp³-hybridized carbons (Fsp3) is 0.929. The first-order valence-electron chi connectivity index (χ1n) is 7.04. The van der Waals surface area contributed by atoms with Crippen molar-refractivity contribution in [2.75, 3.05) is 19.8 Å². The molecule has 1 saturated heterocycles. The summed E-state index contributed by atoms with van der Waals surface area (Å²) in [5.74, 6) is 1.14. The predicted octanol–water partition coefficient (Wildman–Crippen LogP) is 2.10. The van der Waals surface area contributed by atoms with Gasteiger partial charge in [-0.05, 0) is 38.0 Å². The van der Waals surface area contributed by atoms with Gasteiger partial charge in [0.05, 0.1) is 0 Å². The Morgan fingerprint density at radius 1 is 1.42 bits per heavy atom. The van der Waals surface area contributed by atoms with Crippen molar-refractivity contribution in [1.82, 2.24) is 5.32 Å². The Hall–Kier alpha value is -0.320. The first-order valence-corrected chi connectivity index (χ1v) is 7.04. The zero-order valence-electron chi connectivity index (χ0n) is 12.4. The molecule has 5 heteroatoms. The van der Waals surface area contributed by atoms with E-state index in [0.717, 1.165) is 32.5 Å². The summed E-state index contributed by atoms with van der Waals surface area (Å²) in [4.78, 5) is 12.1. The number of ether oxygens (including phenoxy) is 1. The lowest BCUT2D eigenvalue weighted by Crippen LogP contribution is -2.52. The molecule has 1 unspecified atom stereocenters. The van der Waals surface area contributed by atoms with Gasteiger partial charge >= 0.3 is 0 Å². The van der Waals surface area contributed by atoms with Gasteiger partial charge in [-0.15, -0.1) is 12.4 Å². The minimum atomic E-state index is -0.267. The van der Waals surface area contributed by atoms with E-state index < -0.39 is 0 Å². The van der Waals surface area contributed by atoms with E-state index in [9.17, 15) is 4.79 Å². The number of carbonyl (C=O) groups excluding carboxylic acids is 1. The van der Waals surface area contributed by atoms with Crippen LogP contribution in [0.5, 0.6) is 0 Å². The number of nitrogens with two attached hydrogens (primary N) is 1. The largest absolute Gasteiger partial charge is 0.381 e. The van der Waals surface area contributed by atoms with Gasteiger partial charge in [0, 0.05) is 31.7 Å². The standard InChI is InChI=1S/C14H28N2O2.ClH/c1-11(2)9-14(3,10-15)16-13(17)8-12-4-6-18-7-5-12;/h11-12H,4-10,15H2,1-3H3,(H,16,17);1H. The van der Waals surface area contributed by atoms with Crippen molar-refractivity contribution in [3.63, 3.8) is 0 Å². The highest BCUT2D eigenvalue weighted by Crippen LogP contribution is 2.20. The Labute approximate surface area is 123 Å². The summed E-state index contributed by atoms with van der Waals surface area (Å²) in [5, 5.41) is 3.12. The fourth-order valence-electron chi connectivity index (χ4n) is 2.69. The van der Waals surface area contributed by atoms with Gasteiger partial charge in [-0.1, -0.05) is 13.8 Å². The lowest BCUT2D eigenvalue weighted by Gasteiger charge is -2.32. The smallest absolute Gasteiger partial charge is 0.220 e. The molecule has 1 heterocycles. The minimum Gasteiger partial charge on any atom is -0.381 e. The Kier molecular flexibility index (Phi) is 8.62. The second-order valence-electron chi connectivity index (χ2n) is 6.17. The van der Waals surface area contributed by atoms with Crippen LogP contribution in [0.25, 0.3) is 0 Å². The third-order valence-electron chi connectivity index (χ3n) is 3.57. The third kappa shape index (κ3) is 7.14. The normalized spacial score (nSPS) is 19.6. The van der Waals surface area contributed by atoms with Gasteiger partial charge in [0.1, 0.15) is 0 Å². The molecule has 4 nitrogen and oxygen atoms in total. The summed E-state index contributed by atoms with van der Waals surface area (Å²) < 4.78 is 5.30. The van der Waals surface area contributed by atoms with Crippen LogP contribution in [-0.4, -0.2) is 31.2 Å². The molecule has 0 spiro atoms. The Morgan fingerprint density at radius 2 is 2.00 bits per heavy atom. The zero-order chi connectivity index (χ0) is 13.6. The topological polar surface area (TPSA) is 64.3 Å². The molecule has 1 atom stereocenters. The van der Waals surface area contributed by atoms with Crippen LogP contribution in [0, 0.1) is 11.8 Å². The highest BCUT2D eigenvalue weighted by Gasteiger charge is 2.27. The van der Waals surface area contributed by atoms with Crippen molar-refractivity contribution in [1.29, 1.82) is 0 Å². The van der Waals surface area contributed by atoms with Gasteiger partial charge in [-0.2, -0.15) is 0 Å². The van der Waals surface area contributed by atoms with Gasteiger partial charge in [-0.3, -0.25) is 4.79 Å². The summed E-state index contributed by atoms with van der Waals surface area (Å²) >= 11 is 0. The maximum atomic E-state index is 12.1. The molecule has 0 aliphatic carbocycles. The number of nitrogens with one attached hydrogen (secondary N) is 1. The molecule has 114 valence electrons. The average molecular weight is 293 g/mol. The molecular formula is C14H29ClN2O2. The maximum Gasteiger partial charge on any atom is 0.220 e. The third-order valence-corrected chi connectivity index (χ3v) is 3.57. The van der Waals surface area contributed by atoms with E-state index >= 15 is 0 Å². The van der Waals surface area contributed by atoms with Crippen molar-refractivity contribution in [2.45, 2.75) is 52.0 Å². The molecule has 1 aliphatic rings. The van der Waals surface area contributed by atoms with Gasteiger partial charge in [0.15, 0.2) is 0 Å². The van der Waals surface area contributed by atoms with Crippen LogP contribution >= 0.6 is 12.4 Å². The van der Waals surface area contributed by atoms with Crippen LogP contribution in [0.15, 0.2) is 0 Å². The number of hydrogen-bond acceptors (Lipinski definition) is 3.